The molecule has 0 unspecified atom stereocenters. The molecule has 0 saturated heterocycles. The predicted octanol–water partition coefficient (Wildman–Crippen LogP) is 0.117. The summed E-state index contributed by atoms with van der Waals surface area (Å²) in [6.45, 7) is 0.736. The van der Waals surface area contributed by atoms with Crippen molar-refractivity contribution in [2.45, 2.75) is 13.0 Å². The fraction of sp³-hybridized carbons (Fsp3) is 0.333. The van der Waals surface area contributed by atoms with Gasteiger partial charge in [-0.15, -0.1) is 5.10 Å². The number of aliphatic hydroxyl groups is 1. The van der Waals surface area contributed by atoms with Crippen LogP contribution in [0.15, 0.2) is 24.5 Å². The summed E-state index contributed by atoms with van der Waals surface area (Å²) < 4.78 is 1.66. The Balaban J connectivity index is 2.25. The van der Waals surface area contributed by atoms with Crippen molar-refractivity contribution >= 4 is 0 Å². The Morgan fingerprint density at radius 3 is 3.07 bits per heavy atom. The fourth-order valence-electron chi connectivity index (χ4n) is 1.28. The van der Waals surface area contributed by atoms with Crippen LogP contribution in [-0.4, -0.2) is 36.9 Å². The van der Waals surface area contributed by atoms with Crippen molar-refractivity contribution < 1.29 is 5.11 Å². The van der Waals surface area contributed by atoms with Crippen LogP contribution < -0.4 is 0 Å². The van der Waals surface area contributed by atoms with Gasteiger partial charge in [-0.3, -0.25) is 4.98 Å². The van der Waals surface area contributed by atoms with Gasteiger partial charge in [0.15, 0.2) is 5.82 Å². The van der Waals surface area contributed by atoms with Crippen molar-refractivity contribution in [2.24, 2.45) is 0 Å². The van der Waals surface area contributed by atoms with Gasteiger partial charge in [0.05, 0.1) is 0 Å². The number of hydrogen-bond acceptors (Lipinski definition) is 5. The monoisotopic (exact) mass is 205 g/mol. The molecular formula is C9H11N5O. The van der Waals surface area contributed by atoms with Gasteiger partial charge in [-0.1, -0.05) is 0 Å². The molecule has 0 bridgehead atoms. The van der Waals surface area contributed by atoms with Crippen LogP contribution in [0, 0.1) is 0 Å². The third-order valence-electron chi connectivity index (χ3n) is 1.98. The normalized spacial score (nSPS) is 10.5. The molecule has 0 fully saturated rings. The molecule has 0 aliphatic rings. The summed E-state index contributed by atoms with van der Waals surface area (Å²) in [7, 11) is 0. The lowest BCUT2D eigenvalue weighted by Crippen LogP contribution is -2.04. The minimum absolute atomic E-state index is 0.131. The molecule has 0 radical (unpaired) electrons. The van der Waals surface area contributed by atoms with E-state index in [0.717, 1.165) is 5.56 Å². The Morgan fingerprint density at radius 1 is 1.40 bits per heavy atom. The molecule has 0 spiro atoms. The van der Waals surface area contributed by atoms with E-state index < -0.39 is 0 Å². The number of hydrogen-bond donors (Lipinski definition) is 1. The average molecular weight is 205 g/mol. The van der Waals surface area contributed by atoms with Gasteiger partial charge in [0.1, 0.15) is 0 Å². The molecule has 6 heteroatoms. The third-order valence-corrected chi connectivity index (χ3v) is 1.98. The van der Waals surface area contributed by atoms with E-state index in [0.29, 0.717) is 18.8 Å². The highest BCUT2D eigenvalue weighted by atomic mass is 16.3. The first-order valence-corrected chi connectivity index (χ1v) is 4.69. The first-order valence-electron chi connectivity index (χ1n) is 4.69. The van der Waals surface area contributed by atoms with Crippen LogP contribution in [0.4, 0.5) is 0 Å². The Hall–Kier alpha value is -1.82. The molecular weight excluding hydrogens is 194 g/mol. The van der Waals surface area contributed by atoms with E-state index in [9.17, 15) is 0 Å². The second kappa shape index (κ2) is 4.61. The molecule has 0 atom stereocenters. The van der Waals surface area contributed by atoms with Crippen molar-refractivity contribution in [3.8, 4) is 11.4 Å². The summed E-state index contributed by atoms with van der Waals surface area (Å²) in [4.78, 5) is 4.00. The molecule has 2 heterocycles. The molecule has 15 heavy (non-hydrogen) atoms. The van der Waals surface area contributed by atoms with Crippen LogP contribution in [0.5, 0.6) is 0 Å². The largest absolute Gasteiger partial charge is 0.396 e. The molecule has 2 aromatic heterocycles. The summed E-state index contributed by atoms with van der Waals surface area (Å²) in [6, 6.07) is 3.73. The molecule has 1 N–H and O–H groups in total. The zero-order valence-corrected chi connectivity index (χ0v) is 8.11. The highest BCUT2D eigenvalue weighted by Crippen LogP contribution is 2.13. The van der Waals surface area contributed by atoms with Gasteiger partial charge < -0.3 is 5.11 Å². The summed E-state index contributed by atoms with van der Waals surface area (Å²) in [5, 5.41) is 20.1. The molecule has 2 rings (SSSR count). The van der Waals surface area contributed by atoms with E-state index >= 15 is 0 Å². The molecule has 6 nitrogen and oxygen atoms in total. The van der Waals surface area contributed by atoms with Crippen LogP contribution in [0.3, 0.4) is 0 Å². The molecule has 0 aromatic carbocycles. The summed E-state index contributed by atoms with van der Waals surface area (Å²) in [6.07, 6.45) is 4.05. The Bertz CT molecular complexity index is 413. The quantitative estimate of drug-likeness (QED) is 0.767. The smallest absolute Gasteiger partial charge is 0.183 e. The lowest BCUT2D eigenvalue weighted by molar-refractivity contribution is 0.276. The minimum Gasteiger partial charge on any atom is -0.396 e. The van der Waals surface area contributed by atoms with E-state index in [1.54, 1.807) is 17.1 Å². The number of aromatic nitrogens is 5. The maximum Gasteiger partial charge on any atom is 0.183 e. The van der Waals surface area contributed by atoms with Crippen LogP contribution in [0.25, 0.3) is 11.4 Å². The first kappa shape index (κ1) is 9.72. The third kappa shape index (κ3) is 2.16. The van der Waals surface area contributed by atoms with E-state index in [4.69, 9.17) is 5.11 Å². The van der Waals surface area contributed by atoms with Gasteiger partial charge in [0, 0.05) is 31.1 Å². The van der Waals surface area contributed by atoms with E-state index in [2.05, 4.69) is 20.5 Å². The molecule has 0 aliphatic carbocycles. The fourth-order valence-corrected chi connectivity index (χ4v) is 1.28. The summed E-state index contributed by atoms with van der Waals surface area (Å²) in [5.74, 6) is 0.677. The first-order chi connectivity index (χ1) is 7.42. The number of aryl methyl sites for hydroxylation is 1. The Kier molecular flexibility index (Phi) is 2.99. The van der Waals surface area contributed by atoms with Crippen molar-refractivity contribution in [3.05, 3.63) is 24.5 Å². The lowest BCUT2D eigenvalue weighted by Gasteiger charge is -2.02. The standard InChI is InChI=1S/C9H11N5O/c15-6-2-5-14-9(11-12-13-14)8-3-1-4-10-7-8/h1,3-4,7,15H,2,5-6H2. The Labute approximate surface area is 86.6 Å². The van der Waals surface area contributed by atoms with E-state index in [-0.39, 0.29) is 6.61 Å². The molecule has 0 aliphatic heterocycles. The second-order valence-electron chi connectivity index (χ2n) is 3.04. The molecule has 2 aromatic rings. The average Bonchev–Trinajstić information content (AvgIpc) is 2.75. The minimum atomic E-state index is 0.131. The molecule has 0 saturated carbocycles. The molecule has 78 valence electrons. The van der Waals surface area contributed by atoms with E-state index in [1.165, 1.54) is 0 Å². The maximum atomic E-state index is 8.73. The van der Waals surface area contributed by atoms with Crippen molar-refractivity contribution in [3.63, 3.8) is 0 Å². The molecule has 0 amide bonds. The number of rotatable bonds is 4. The van der Waals surface area contributed by atoms with E-state index in [1.807, 2.05) is 12.1 Å². The summed E-state index contributed by atoms with van der Waals surface area (Å²) in [5.41, 5.74) is 0.875. The number of pyridine rings is 1. The maximum absolute atomic E-state index is 8.73. The van der Waals surface area contributed by atoms with Gasteiger partial charge in [-0.05, 0) is 29.0 Å². The summed E-state index contributed by atoms with van der Waals surface area (Å²) >= 11 is 0. The van der Waals surface area contributed by atoms with Gasteiger partial charge >= 0.3 is 0 Å². The van der Waals surface area contributed by atoms with Crippen molar-refractivity contribution in [2.75, 3.05) is 6.61 Å². The number of tetrazole rings is 1. The van der Waals surface area contributed by atoms with Crippen LogP contribution in [0.1, 0.15) is 6.42 Å². The topological polar surface area (TPSA) is 76.7 Å². The number of aliphatic hydroxyl groups excluding tert-OH is 1. The van der Waals surface area contributed by atoms with Crippen molar-refractivity contribution in [1.29, 1.82) is 0 Å². The van der Waals surface area contributed by atoms with Gasteiger partial charge in [0.2, 0.25) is 0 Å². The SMILES string of the molecule is OCCCn1nnnc1-c1cccnc1. The highest BCUT2D eigenvalue weighted by Gasteiger charge is 2.07. The van der Waals surface area contributed by atoms with Crippen molar-refractivity contribution in [1.82, 2.24) is 25.2 Å². The zero-order valence-electron chi connectivity index (χ0n) is 8.11. The van der Waals surface area contributed by atoms with Gasteiger partial charge in [0.25, 0.3) is 0 Å². The second-order valence-corrected chi connectivity index (χ2v) is 3.04. The highest BCUT2D eigenvalue weighted by molar-refractivity contribution is 5.52. The lowest BCUT2D eigenvalue weighted by atomic mass is 10.3. The van der Waals surface area contributed by atoms with Crippen LogP contribution in [-0.2, 0) is 6.54 Å². The van der Waals surface area contributed by atoms with Gasteiger partial charge in [-0.2, -0.15) is 0 Å². The van der Waals surface area contributed by atoms with Crippen LogP contribution in [0.2, 0.25) is 0 Å². The van der Waals surface area contributed by atoms with Gasteiger partial charge in [-0.25, -0.2) is 4.68 Å². The number of nitrogens with zero attached hydrogens (tertiary/aromatic N) is 5. The Morgan fingerprint density at radius 2 is 2.33 bits per heavy atom. The predicted molar refractivity (Wildman–Crippen MR) is 52.8 cm³/mol. The zero-order chi connectivity index (χ0) is 10.5. The van der Waals surface area contributed by atoms with Crippen LogP contribution >= 0.6 is 0 Å².